The van der Waals surface area contributed by atoms with Gasteiger partial charge in [-0.05, 0) is 81.0 Å². The Balaban J connectivity index is 1.66. The summed E-state index contributed by atoms with van der Waals surface area (Å²) < 4.78 is 5.85. The molecule has 0 N–H and O–H groups in total. The summed E-state index contributed by atoms with van der Waals surface area (Å²) in [4.78, 5) is 11.5. The molecule has 112 valence electrons. The molecule has 4 rings (SSSR count). The largest absolute Gasteiger partial charge is 0.459 e. The molecule has 0 spiro atoms. The van der Waals surface area contributed by atoms with E-state index in [2.05, 4.69) is 13.8 Å². The van der Waals surface area contributed by atoms with Crippen LogP contribution in [0.3, 0.4) is 0 Å². The minimum absolute atomic E-state index is 0.0799. The second kappa shape index (κ2) is 4.24. The molecule has 0 aromatic heterocycles. The van der Waals surface area contributed by atoms with Crippen LogP contribution < -0.4 is 0 Å². The minimum atomic E-state index is -0.164. The smallest absolute Gasteiger partial charge is 0.303 e. The molecule has 20 heavy (non-hydrogen) atoms. The first-order valence-corrected chi connectivity index (χ1v) is 8.67. The number of esters is 1. The van der Waals surface area contributed by atoms with Crippen molar-refractivity contribution in [2.24, 2.45) is 41.4 Å². The van der Waals surface area contributed by atoms with Gasteiger partial charge in [0.25, 0.3) is 0 Å². The van der Waals surface area contributed by atoms with Gasteiger partial charge in [0.15, 0.2) is 0 Å². The maximum Gasteiger partial charge on any atom is 0.303 e. The van der Waals surface area contributed by atoms with Crippen LogP contribution in [0, 0.1) is 41.4 Å². The van der Waals surface area contributed by atoms with Gasteiger partial charge < -0.3 is 4.74 Å². The Kier molecular flexibility index (Phi) is 2.79. The lowest BCUT2D eigenvalue weighted by Gasteiger charge is -2.42. The second-order valence-corrected chi connectivity index (χ2v) is 8.53. The molecule has 4 saturated carbocycles. The van der Waals surface area contributed by atoms with E-state index in [1.54, 1.807) is 6.92 Å². The first kappa shape index (κ1) is 13.2. The van der Waals surface area contributed by atoms with Gasteiger partial charge in [-0.1, -0.05) is 6.92 Å². The van der Waals surface area contributed by atoms with E-state index < -0.39 is 0 Å². The fourth-order valence-electron chi connectivity index (χ4n) is 6.98. The SMILES string of the molecule is CC(=O)OC1(C)CCC2CC1C1C3CC(C)CC(C3)C21. The third-order valence-electron chi connectivity index (χ3n) is 7.29. The Labute approximate surface area is 122 Å². The van der Waals surface area contributed by atoms with Crippen molar-refractivity contribution < 1.29 is 9.53 Å². The summed E-state index contributed by atoms with van der Waals surface area (Å²) in [5.74, 6) is 6.17. The van der Waals surface area contributed by atoms with Crippen LogP contribution in [0.25, 0.3) is 0 Å². The van der Waals surface area contributed by atoms with E-state index >= 15 is 0 Å². The zero-order valence-corrected chi connectivity index (χ0v) is 13.1. The summed E-state index contributed by atoms with van der Waals surface area (Å²) in [5.41, 5.74) is -0.164. The van der Waals surface area contributed by atoms with Crippen LogP contribution >= 0.6 is 0 Å². The van der Waals surface area contributed by atoms with Gasteiger partial charge in [-0.2, -0.15) is 0 Å². The number of hydrogen-bond acceptors (Lipinski definition) is 2. The summed E-state index contributed by atoms with van der Waals surface area (Å²) in [5, 5.41) is 0. The number of rotatable bonds is 1. The van der Waals surface area contributed by atoms with Crippen molar-refractivity contribution in [3.63, 3.8) is 0 Å². The summed E-state index contributed by atoms with van der Waals surface area (Å²) in [6.45, 7) is 6.25. The fourth-order valence-corrected chi connectivity index (χ4v) is 6.98. The van der Waals surface area contributed by atoms with Gasteiger partial charge in [0.1, 0.15) is 5.60 Å². The molecule has 8 unspecified atom stereocenters. The van der Waals surface area contributed by atoms with E-state index in [0.717, 1.165) is 41.9 Å². The van der Waals surface area contributed by atoms with Crippen LogP contribution in [0.5, 0.6) is 0 Å². The molecule has 0 aromatic carbocycles. The normalized spacial score (nSPS) is 56.5. The van der Waals surface area contributed by atoms with Gasteiger partial charge in [-0.15, -0.1) is 0 Å². The summed E-state index contributed by atoms with van der Waals surface area (Å²) >= 11 is 0. The number of ether oxygens (including phenoxy) is 1. The standard InChI is InChI=1S/C18H28O2/c1-10-6-13-8-14(7-10)17-15-9-12(16(13)17)4-5-18(15,3)20-11(2)19/h10,12-17H,4-9H2,1-3H3. The molecular weight excluding hydrogens is 248 g/mol. The topological polar surface area (TPSA) is 26.3 Å². The van der Waals surface area contributed by atoms with Crippen molar-refractivity contribution in [2.75, 3.05) is 0 Å². The lowest BCUT2D eigenvalue weighted by Crippen LogP contribution is -2.44. The predicted molar refractivity (Wildman–Crippen MR) is 78.0 cm³/mol. The summed E-state index contributed by atoms with van der Waals surface area (Å²) in [6.07, 6.45) is 8.09. The monoisotopic (exact) mass is 276 g/mol. The van der Waals surface area contributed by atoms with Crippen molar-refractivity contribution in [1.82, 2.24) is 0 Å². The molecule has 0 heterocycles. The maximum atomic E-state index is 11.5. The van der Waals surface area contributed by atoms with Crippen LogP contribution in [-0.4, -0.2) is 11.6 Å². The summed E-state index contributed by atoms with van der Waals surface area (Å²) in [7, 11) is 0. The van der Waals surface area contributed by atoms with Gasteiger partial charge in [0.2, 0.25) is 0 Å². The van der Waals surface area contributed by atoms with Crippen molar-refractivity contribution in [3.05, 3.63) is 0 Å². The van der Waals surface area contributed by atoms with Crippen LogP contribution in [-0.2, 0) is 9.53 Å². The van der Waals surface area contributed by atoms with Crippen LogP contribution in [0.1, 0.15) is 59.3 Å². The van der Waals surface area contributed by atoms with E-state index in [1.165, 1.54) is 32.1 Å². The third kappa shape index (κ3) is 1.72. The number of carbonyl (C=O) groups excluding carboxylic acids is 1. The highest BCUT2D eigenvalue weighted by atomic mass is 16.6. The van der Waals surface area contributed by atoms with Crippen LogP contribution in [0.4, 0.5) is 0 Å². The molecule has 4 aliphatic rings. The molecule has 2 heteroatoms. The van der Waals surface area contributed by atoms with Gasteiger partial charge in [-0.25, -0.2) is 0 Å². The van der Waals surface area contributed by atoms with E-state index in [1.807, 2.05) is 0 Å². The fraction of sp³-hybridized carbons (Fsp3) is 0.944. The summed E-state index contributed by atoms with van der Waals surface area (Å²) in [6, 6.07) is 0. The quantitative estimate of drug-likeness (QED) is 0.534. The average molecular weight is 276 g/mol. The van der Waals surface area contributed by atoms with Crippen LogP contribution in [0.2, 0.25) is 0 Å². The molecule has 0 saturated heterocycles. The molecule has 0 amide bonds. The van der Waals surface area contributed by atoms with Gasteiger partial charge in [0.05, 0.1) is 0 Å². The van der Waals surface area contributed by atoms with E-state index in [0.29, 0.717) is 5.92 Å². The van der Waals surface area contributed by atoms with Crippen molar-refractivity contribution in [3.8, 4) is 0 Å². The first-order valence-electron chi connectivity index (χ1n) is 8.67. The molecular formula is C18H28O2. The highest BCUT2D eigenvalue weighted by Gasteiger charge is 2.63. The number of fused-ring (bicyclic) bond motifs is 9. The molecule has 2 nitrogen and oxygen atoms in total. The van der Waals surface area contributed by atoms with Gasteiger partial charge in [0, 0.05) is 12.8 Å². The Morgan fingerprint density at radius 2 is 1.75 bits per heavy atom. The number of hydrogen-bond donors (Lipinski definition) is 0. The van der Waals surface area contributed by atoms with Crippen LogP contribution in [0.15, 0.2) is 0 Å². The highest BCUT2D eigenvalue weighted by Crippen LogP contribution is 2.67. The Bertz CT molecular complexity index is 431. The number of carbonyl (C=O) groups is 1. The van der Waals surface area contributed by atoms with Crippen molar-refractivity contribution in [1.29, 1.82) is 0 Å². The highest BCUT2D eigenvalue weighted by molar-refractivity contribution is 5.66. The van der Waals surface area contributed by atoms with E-state index in [9.17, 15) is 4.79 Å². The zero-order valence-electron chi connectivity index (χ0n) is 13.1. The Morgan fingerprint density at radius 1 is 1.05 bits per heavy atom. The second-order valence-electron chi connectivity index (χ2n) is 8.53. The zero-order chi connectivity index (χ0) is 14.1. The maximum absolute atomic E-state index is 11.5. The van der Waals surface area contributed by atoms with E-state index in [4.69, 9.17) is 4.74 Å². The minimum Gasteiger partial charge on any atom is -0.459 e. The average Bonchev–Trinajstić information content (AvgIpc) is 2.81. The lowest BCUT2D eigenvalue weighted by molar-refractivity contribution is -0.167. The molecule has 0 aromatic rings. The molecule has 4 fully saturated rings. The lowest BCUT2D eigenvalue weighted by atomic mass is 9.69. The van der Waals surface area contributed by atoms with Gasteiger partial charge in [-0.3, -0.25) is 4.79 Å². The third-order valence-corrected chi connectivity index (χ3v) is 7.29. The first-order chi connectivity index (χ1) is 9.48. The molecule has 4 bridgehead atoms. The molecule has 0 radical (unpaired) electrons. The van der Waals surface area contributed by atoms with Crippen molar-refractivity contribution in [2.45, 2.75) is 64.9 Å². The molecule has 4 aliphatic carbocycles. The van der Waals surface area contributed by atoms with Crippen molar-refractivity contribution >= 4 is 5.97 Å². The van der Waals surface area contributed by atoms with E-state index in [-0.39, 0.29) is 11.6 Å². The van der Waals surface area contributed by atoms with Gasteiger partial charge >= 0.3 is 5.97 Å². The Hall–Kier alpha value is -0.530. The molecule has 0 aliphatic heterocycles. The Morgan fingerprint density at radius 3 is 2.45 bits per heavy atom. The molecule has 8 atom stereocenters. The predicted octanol–water partition coefficient (Wildman–Crippen LogP) is 4.04.